The van der Waals surface area contributed by atoms with Gasteiger partial charge < -0.3 is 20.3 Å². The van der Waals surface area contributed by atoms with Gasteiger partial charge in [0.2, 0.25) is 0 Å². The first-order chi connectivity index (χ1) is 11.2. The summed E-state index contributed by atoms with van der Waals surface area (Å²) in [5.41, 5.74) is 1.10. The molecule has 2 N–H and O–H groups in total. The van der Waals surface area contributed by atoms with Crippen molar-refractivity contribution < 1.29 is 14.3 Å². The number of carbonyl (C=O) groups excluding carboxylic acids is 2. The summed E-state index contributed by atoms with van der Waals surface area (Å²) in [5.74, 6) is 0.0538. The molecule has 1 aromatic carbocycles. The van der Waals surface area contributed by atoms with Gasteiger partial charge in [0.15, 0.2) is 0 Å². The van der Waals surface area contributed by atoms with Gasteiger partial charge in [-0.1, -0.05) is 12.1 Å². The highest BCUT2D eigenvalue weighted by molar-refractivity contribution is 6.02. The van der Waals surface area contributed by atoms with Gasteiger partial charge in [-0.05, 0) is 25.0 Å². The Morgan fingerprint density at radius 2 is 2.00 bits per heavy atom. The smallest absolute Gasteiger partial charge is 0.255 e. The molecule has 3 heterocycles. The fourth-order valence-corrected chi connectivity index (χ4v) is 3.70. The first kappa shape index (κ1) is 14.5. The van der Waals surface area contributed by atoms with E-state index in [2.05, 4.69) is 10.6 Å². The monoisotopic (exact) mass is 315 g/mol. The number of piperidine rings is 1. The second-order valence-corrected chi connectivity index (χ2v) is 6.53. The molecule has 0 aliphatic carbocycles. The number of ether oxygens (including phenoxy) is 1. The number of hydrogen-bond donors (Lipinski definition) is 2. The average molecular weight is 315 g/mol. The zero-order valence-electron chi connectivity index (χ0n) is 13.0. The van der Waals surface area contributed by atoms with Crippen molar-refractivity contribution in [2.24, 2.45) is 0 Å². The molecule has 0 bridgehead atoms. The van der Waals surface area contributed by atoms with Crippen molar-refractivity contribution in [2.45, 2.75) is 37.5 Å². The summed E-state index contributed by atoms with van der Waals surface area (Å²) in [6.45, 7) is 1.95. The minimum atomic E-state index is -0.446. The lowest BCUT2D eigenvalue weighted by atomic mass is 9.92. The molecule has 0 aromatic heterocycles. The topological polar surface area (TPSA) is 70.7 Å². The molecule has 1 spiro atoms. The predicted molar refractivity (Wildman–Crippen MR) is 85.0 cm³/mol. The SMILES string of the molecule is O=C1NC2(CCN(C(=O)[C@@H]3CCCO3)CC2)Nc2ccccc21. The Hall–Kier alpha value is -2.08. The van der Waals surface area contributed by atoms with Crippen LogP contribution in [0.2, 0.25) is 0 Å². The number of fused-ring (bicyclic) bond motifs is 1. The van der Waals surface area contributed by atoms with E-state index in [0.29, 0.717) is 38.1 Å². The van der Waals surface area contributed by atoms with Crippen molar-refractivity contribution in [3.8, 4) is 0 Å². The number of nitrogens with zero attached hydrogens (tertiary/aromatic N) is 1. The minimum Gasteiger partial charge on any atom is -0.368 e. The zero-order valence-corrected chi connectivity index (χ0v) is 13.0. The first-order valence-electron chi connectivity index (χ1n) is 8.27. The zero-order chi connectivity index (χ0) is 15.9. The number of rotatable bonds is 1. The molecule has 23 heavy (non-hydrogen) atoms. The number of anilines is 1. The molecule has 6 heteroatoms. The van der Waals surface area contributed by atoms with Crippen molar-refractivity contribution in [1.29, 1.82) is 0 Å². The molecule has 1 atom stereocenters. The van der Waals surface area contributed by atoms with Crippen LogP contribution in [0, 0.1) is 0 Å². The third kappa shape index (κ3) is 2.57. The number of para-hydroxylation sites is 1. The normalized spacial score (nSPS) is 25.7. The van der Waals surface area contributed by atoms with Crippen molar-refractivity contribution in [3.63, 3.8) is 0 Å². The Morgan fingerprint density at radius 3 is 2.74 bits per heavy atom. The molecule has 0 unspecified atom stereocenters. The van der Waals surface area contributed by atoms with Crippen molar-refractivity contribution in [3.05, 3.63) is 29.8 Å². The molecule has 1 aromatic rings. The van der Waals surface area contributed by atoms with Crippen LogP contribution in [0.1, 0.15) is 36.0 Å². The lowest BCUT2D eigenvalue weighted by Gasteiger charge is -2.46. The predicted octanol–water partition coefficient (Wildman–Crippen LogP) is 1.34. The van der Waals surface area contributed by atoms with Crippen LogP contribution in [0.4, 0.5) is 5.69 Å². The van der Waals surface area contributed by atoms with Gasteiger partial charge in [-0.15, -0.1) is 0 Å². The average Bonchev–Trinajstić information content (AvgIpc) is 3.09. The molecule has 0 radical (unpaired) electrons. The third-order valence-corrected chi connectivity index (χ3v) is 5.03. The number of likely N-dealkylation sites (tertiary alicyclic amines) is 1. The van der Waals surface area contributed by atoms with Gasteiger partial charge in [-0.2, -0.15) is 0 Å². The van der Waals surface area contributed by atoms with E-state index in [9.17, 15) is 9.59 Å². The van der Waals surface area contributed by atoms with Gasteiger partial charge in [-0.3, -0.25) is 9.59 Å². The molecule has 122 valence electrons. The fourth-order valence-electron chi connectivity index (χ4n) is 3.70. The van der Waals surface area contributed by atoms with Crippen LogP contribution < -0.4 is 10.6 Å². The van der Waals surface area contributed by atoms with Crippen molar-refractivity contribution >= 4 is 17.5 Å². The van der Waals surface area contributed by atoms with Gasteiger partial charge in [0.05, 0.1) is 5.56 Å². The minimum absolute atomic E-state index is 0.0433. The van der Waals surface area contributed by atoms with Crippen LogP contribution >= 0.6 is 0 Å². The summed E-state index contributed by atoms with van der Waals surface area (Å²) in [5, 5.41) is 6.57. The molecule has 6 nitrogen and oxygen atoms in total. The van der Waals surface area contributed by atoms with Crippen molar-refractivity contribution in [1.82, 2.24) is 10.2 Å². The summed E-state index contributed by atoms with van der Waals surface area (Å²) in [7, 11) is 0. The number of carbonyl (C=O) groups is 2. The highest BCUT2D eigenvalue weighted by atomic mass is 16.5. The number of benzene rings is 1. The van der Waals surface area contributed by atoms with Gasteiger partial charge >= 0.3 is 0 Å². The van der Waals surface area contributed by atoms with Gasteiger partial charge in [0.1, 0.15) is 11.8 Å². The third-order valence-electron chi connectivity index (χ3n) is 5.03. The maximum atomic E-state index is 12.4. The highest BCUT2D eigenvalue weighted by Gasteiger charge is 2.42. The van der Waals surface area contributed by atoms with Crippen LogP contribution in [-0.2, 0) is 9.53 Å². The van der Waals surface area contributed by atoms with Gasteiger partial charge in [0.25, 0.3) is 11.8 Å². The van der Waals surface area contributed by atoms with Gasteiger partial charge in [-0.25, -0.2) is 0 Å². The molecular weight excluding hydrogens is 294 g/mol. The molecule has 2 fully saturated rings. The van der Waals surface area contributed by atoms with E-state index in [-0.39, 0.29) is 17.9 Å². The Labute approximate surface area is 135 Å². The largest absolute Gasteiger partial charge is 0.368 e. The van der Waals surface area contributed by atoms with Crippen LogP contribution in [0.25, 0.3) is 0 Å². The Morgan fingerprint density at radius 1 is 1.22 bits per heavy atom. The summed E-state index contributed by atoms with van der Waals surface area (Å²) in [6, 6.07) is 7.54. The summed E-state index contributed by atoms with van der Waals surface area (Å²) in [6.07, 6.45) is 2.92. The first-order valence-corrected chi connectivity index (χ1v) is 8.27. The van der Waals surface area contributed by atoms with E-state index in [1.54, 1.807) is 0 Å². The Bertz CT molecular complexity index is 632. The van der Waals surface area contributed by atoms with Crippen LogP contribution in [0.3, 0.4) is 0 Å². The molecule has 2 amide bonds. The molecule has 0 saturated carbocycles. The summed E-state index contributed by atoms with van der Waals surface area (Å²) >= 11 is 0. The van der Waals surface area contributed by atoms with E-state index in [1.165, 1.54) is 0 Å². The number of hydrogen-bond acceptors (Lipinski definition) is 4. The van der Waals surface area contributed by atoms with E-state index in [4.69, 9.17) is 4.74 Å². The van der Waals surface area contributed by atoms with Crippen LogP contribution in [-0.4, -0.2) is 48.2 Å². The second-order valence-electron chi connectivity index (χ2n) is 6.53. The number of nitrogens with one attached hydrogen (secondary N) is 2. The van der Waals surface area contributed by atoms with Crippen LogP contribution in [0.5, 0.6) is 0 Å². The lowest BCUT2D eigenvalue weighted by molar-refractivity contribution is -0.142. The molecule has 4 rings (SSSR count). The standard InChI is InChI=1S/C17H21N3O3/c21-15-12-4-1-2-5-13(12)18-17(19-15)7-9-20(10-8-17)16(22)14-6-3-11-23-14/h1-2,4-5,14,18H,3,6-11H2,(H,19,21)/t14-/m0/s1. The number of amides is 2. The van der Waals surface area contributed by atoms with E-state index in [1.807, 2.05) is 29.2 Å². The Balaban J connectivity index is 1.45. The maximum Gasteiger partial charge on any atom is 0.255 e. The quantitative estimate of drug-likeness (QED) is 0.820. The van der Waals surface area contributed by atoms with E-state index >= 15 is 0 Å². The van der Waals surface area contributed by atoms with E-state index in [0.717, 1.165) is 18.5 Å². The van der Waals surface area contributed by atoms with Gasteiger partial charge in [0, 0.05) is 38.2 Å². The van der Waals surface area contributed by atoms with Crippen LogP contribution in [0.15, 0.2) is 24.3 Å². The molecule has 2 saturated heterocycles. The molecule has 3 aliphatic rings. The molecular formula is C17H21N3O3. The summed E-state index contributed by atoms with van der Waals surface area (Å²) in [4.78, 5) is 26.6. The van der Waals surface area contributed by atoms with E-state index < -0.39 is 5.66 Å². The second kappa shape index (κ2) is 5.53. The molecule has 3 aliphatic heterocycles. The Kier molecular flexibility index (Phi) is 3.49. The lowest BCUT2D eigenvalue weighted by Crippen LogP contribution is -2.63. The fraction of sp³-hybridized carbons (Fsp3) is 0.529. The summed E-state index contributed by atoms with van der Waals surface area (Å²) < 4.78 is 5.49. The maximum absolute atomic E-state index is 12.4. The highest BCUT2D eigenvalue weighted by Crippen LogP contribution is 2.31. The van der Waals surface area contributed by atoms with Crippen molar-refractivity contribution in [2.75, 3.05) is 25.0 Å².